The highest BCUT2D eigenvalue weighted by molar-refractivity contribution is 6.31. The standard InChI is InChI=1S/C21H17Cl2N3O3/c1-25-11-16(26-19(21(25)29)20(28)17(27)10-24-26)18(12-4-2-6-14(22)8-12)13-5-3-7-15(23)9-13/h2-10,16,18,28H,11H2,1H3. The molecular formula is C21H17Cl2N3O3. The van der Waals surface area contributed by atoms with E-state index in [0.29, 0.717) is 16.6 Å². The molecule has 1 aliphatic rings. The first-order valence-electron chi connectivity index (χ1n) is 8.94. The predicted molar refractivity (Wildman–Crippen MR) is 111 cm³/mol. The average Bonchev–Trinajstić information content (AvgIpc) is 2.68. The minimum Gasteiger partial charge on any atom is -0.502 e. The molecular weight excluding hydrogens is 413 g/mol. The maximum atomic E-state index is 12.7. The Kier molecular flexibility index (Phi) is 5.06. The molecule has 2 aromatic carbocycles. The number of rotatable bonds is 3. The van der Waals surface area contributed by atoms with Gasteiger partial charge in [-0.2, -0.15) is 5.10 Å². The fourth-order valence-electron chi connectivity index (χ4n) is 3.81. The van der Waals surface area contributed by atoms with Gasteiger partial charge in [-0.1, -0.05) is 47.5 Å². The number of nitrogens with zero attached hydrogens (tertiary/aromatic N) is 3. The van der Waals surface area contributed by atoms with Crippen molar-refractivity contribution in [1.82, 2.24) is 14.7 Å². The van der Waals surface area contributed by atoms with Crippen LogP contribution in [0.5, 0.6) is 5.75 Å². The second-order valence-corrected chi connectivity index (χ2v) is 7.86. The second kappa shape index (κ2) is 7.54. The molecule has 8 heteroatoms. The number of carbonyl (C=O) groups is 1. The van der Waals surface area contributed by atoms with Crippen LogP contribution in [0.3, 0.4) is 0 Å². The van der Waals surface area contributed by atoms with Crippen molar-refractivity contribution >= 4 is 29.1 Å². The van der Waals surface area contributed by atoms with Crippen molar-refractivity contribution in [3.63, 3.8) is 0 Å². The summed E-state index contributed by atoms with van der Waals surface area (Å²) in [5.41, 5.74) is 0.989. The lowest BCUT2D eigenvalue weighted by Gasteiger charge is -2.37. The van der Waals surface area contributed by atoms with Crippen LogP contribution in [0.2, 0.25) is 10.0 Å². The predicted octanol–water partition coefficient (Wildman–Crippen LogP) is 3.71. The van der Waals surface area contributed by atoms with Gasteiger partial charge >= 0.3 is 0 Å². The Balaban J connectivity index is 1.97. The topological polar surface area (TPSA) is 75.4 Å². The van der Waals surface area contributed by atoms with Crippen molar-refractivity contribution in [2.45, 2.75) is 12.0 Å². The van der Waals surface area contributed by atoms with Crippen LogP contribution in [-0.2, 0) is 0 Å². The van der Waals surface area contributed by atoms with E-state index < -0.39 is 23.1 Å². The summed E-state index contributed by atoms with van der Waals surface area (Å²) in [4.78, 5) is 26.1. The molecule has 1 N–H and O–H groups in total. The normalized spacial score (nSPS) is 16.2. The zero-order valence-corrected chi connectivity index (χ0v) is 16.9. The molecule has 0 bridgehead atoms. The van der Waals surface area contributed by atoms with Gasteiger partial charge in [0.1, 0.15) is 0 Å². The Morgan fingerprint density at radius 2 is 1.66 bits per heavy atom. The summed E-state index contributed by atoms with van der Waals surface area (Å²) >= 11 is 12.5. The third kappa shape index (κ3) is 3.50. The van der Waals surface area contributed by atoms with Gasteiger partial charge in [-0.25, -0.2) is 0 Å². The molecule has 1 aromatic heterocycles. The highest BCUT2D eigenvalue weighted by Crippen LogP contribution is 2.40. The zero-order valence-electron chi connectivity index (χ0n) is 15.4. The smallest absolute Gasteiger partial charge is 0.275 e. The molecule has 1 atom stereocenters. The molecule has 0 aliphatic carbocycles. The molecule has 1 amide bonds. The Labute approximate surface area is 176 Å². The number of benzene rings is 2. The third-order valence-electron chi connectivity index (χ3n) is 5.11. The van der Waals surface area contributed by atoms with Crippen LogP contribution >= 0.6 is 23.2 Å². The monoisotopic (exact) mass is 429 g/mol. The van der Waals surface area contributed by atoms with Crippen molar-refractivity contribution in [2.24, 2.45) is 0 Å². The number of hydrogen-bond donors (Lipinski definition) is 1. The summed E-state index contributed by atoms with van der Waals surface area (Å²) < 4.78 is 1.44. The van der Waals surface area contributed by atoms with Gasteiger partial charge in [0.15, 0.2) is 11.4 Å². The zero-order chi connectivity index (χ0) is 20.7. The van der Waals surface area contributed by atoms with Gasteiger partial charge in [0.2, 0.25) is 5.43 Å². The minimum absolute atomic E-state index is 0.120. The molecule has 0 saturated carbocycles. The molecule has 148 valence electrons. The largest absolute Gasteiger partial charge is 0.502 e. The van der Waals surface area contributed by atoms with E-state index in [1.807, 2.05) is 36.4 Å². The first kappa shape index (κ1) is 19.5. The van der Waals surface area contributed by atoms with Gasteiger partial charge in [0.25, 0.3) is 5.91 Å². The van der Waals surface area contributed by atoms with Crippen LogP contribution in [0, 0.1) is 0 Å². The summed E-state index contributed by atoms with van der Waals surface area (Å²) in [5.74, 6) is -1.34. The summed E-state index contributed by atoms with van der Waals surface area (Å²) in [7, 11) is 1.63. The van der Waals surface area contributed by atoms with Crippen molar-refractivity contribution in [3.05, 3.63) is 91.8 Å². The molecule has 3 aromatic rings. The van der Waals surface area contributed by atoms with Crippen LogP contribution in [0.15, 0.2) is 59.5 Å². The highest BCUT2D eigenvalue weighted by Gasteiger charge is 2.38. The fourth-order valence-corrected chi connectivity index (χ4v) is 4.21. The van der Waals surface area contributed by atoms with E-state index in [0.717, 1.165) is 17.3 Å². The van der Waals surface area contributed by atoms with Crippen LogP contribution in [0.25, 0.3) is 0 Å². The molecule has 29 heavy (non-hydrogen) atoms. The van der Waals surface area contributed by atoms with Crippen LogP contribution in [0.1, 0.15) is 33.6 Å². The van der Waals surface area contributed by atoms with E-state index in [1.165, 1.54) is 9.58 Å². The molecule has 0 saturated heterocycles. The number of halogens is 2. The lowest BCUT2D eigenvalue weighted by molar-refractivity contribution is 0.0686. The first-order chi connectivity index (χ1) is 13.9. The number of likely N-dealkylation sites (N-methyl/N-ethyl adjacent to an activating group) is 1. The number of aromatic hydroxyl groups is 1. The molecule has 1 aliphatic heterocycles. The summed E-state index contributed by atoms with van der Waals surface area (Å²) in [5, 5.41) is 15.6. The minimum atomic E-state index is -0.694. The summed E-state index contributed by atoms with van der Waals surface area (Å²) in [6.45, 7) is 0.324. The van der Waals surface area contributed by atoms with Crippen molar-refractivity contribution in [1.29, 1.82) is 0 Å². The Morgan fingerprint density at radius 1 is 1.07 bits per heavy atom. The molecule has 0 fully saturated rings. The Hall–Kier alpha value is -2.83. The molecule has 6 nitrogen and oxygen atoms in total. The van der Waals surface area contributed by atoms with Gasteiger partial charge < -0.3 is 10.0 Å². The Bertz CT molecular complexity index is 1120. The number of amides is 1. The maximum Gasteiger partial charge on any atom is 0.275 e. The van der Waals surface area contributed by atoms with Gasteiger partial charge in [-0.15, -0.1) is 0 Å². The number of fused-ring (bicyclic) bond motifs is 1. The van der Waals surface area contributed by atoms with E-state index in [9.17, 15) is 14.7 Å². The van der Waals surface area contributed by atoms with Gasteiger partial charge in [0, 0.05) is 29.6 Å². The molecule has 1 unspecified atom stereocenters. The quantitative estimate of drug-likeness (QED) is 0.688. The Morgan fingerprint density at radius 3 is 2.21 bits per heavy atom. The van der Waals surface area contributed by atoms with Crippen LogP contribution in [0.4, 0.5) is 0 Å². The third-order valence-corrected chi connectivity index (χ3v) is 5.58. The van der Waals surface area contributed by atoms with Crippen LogP contribution in [-0.4, -0.2) is 39.3 Å². The number of hydrogen-bond acceptors (Lipinski definition) is 4. The maximum absolute atomic E-state index is 12.7. The number of carbonyl (C=O) groups excluding carboxylic acids is 1. The fraction of sp³-hybridized carbons (Fsp3) is 0.190. The lowest BCUT2D eigenvalue weighted by atomic mass is 9.84. The SMILES string of the molecule is CN1CC(C(c2cccc(Cl)c2)c2cccc(Cl)c2)n2ncc(=O)c(O)c2C1=O. The van der Waals surface area contributed by atoms with Crippen molar-refractivity contribution in [2.75, 3.05) is 13.6 Å². The van der Waals surface area contributed by atoms with Crippen molar-refractivity contribution in [3.8, 4) is 5.75 Å². The van der Waals surface area contributed by atoms with Gasteiger partial charge in [-0.3, -0.25) is 14.3 Å². The lowest BCUT2D eigenvalue weighted by Crippen LogP contribution is -2.45. The number of aromatic nitrogens is 2. The van der Waals surface area contributed by atoms with E-state index in [-0.39, 0.29) is 11.6 Å². The van der Waals surface area contributed by atoms with Gasteiger partial charge in [-0.05, 0) is 35.4 Å². The molecule has 2 heterocycles. The summed E-state index contributed by atoms with van der Waals surface area (Å²) in [6, 6.07) is 14.5. The van der Waals surface area contributed by atoms with E-state index in [2.05, 4.69) is 5.10 Å². The molecule has 0 spiro atoms. The van der Waals surface area contributed by atoms with E-state index in [4.69, 9.17) is 23.2 Å². The van der Waals surface area contributed by atoms with Crippen molar-refractivity contribution < 1.29 is 9.90 Å². The molecule has 4 rings (SSSR count). The van der Waals surface area contributed by atoms with E-state index in [1.54, 1.807) is 19.2 Å². The second-order valence-electron chi connectivity index (χ2n) is 6.99. The van der Waals surface area contributed by atoms with Crippen LogP contribution < -0.4 is 5.43 Å². The first-order valence-corrected chi connectivity index (χ1v) is 9.69. The van der Waals surface area contributed by atoms with Gasteiger partial charge in [0.05, 0.1) is 12.2 Å². The molecule has 0 radical (unpaired) electrons. The van der Waals surface area contributed by atoms with E-state index >= 15 is 0 Å². The summed E-state index contributed by atoms with van der Waals surface area (Å²) in [6.07, 6.45) is 1.03. The highest BCUT2D eigenvalue weighted by atomic mass is 35.5. The average molecular weight is 430 g/mol.